The van der Waals surface area contributed by atoms with Crippen molar-refractivity contribution in [2.45, 2.75) is 19.9 Å². The van der Waals surface area contributed by atoms with Crippen molar-refractivity contribution in [3.05, 3.63) is 75.2 Å². The summed E-state index contributed by atoms with van der Waals surface area (Å²) in [4.78, 5) is 33.5. The smallest absolute Gasteiger partial charge is 0.273 e. The second kappa shape index (κ2) is 13.7. The number of nitrogens with zero attached hydrogens (tertiary/aromatic N) is 4. The lowest BCUT2D eigenvalue weighted by molar-refractivity contribution is -0.128. The van der Waals surface area contributed by atoms with Crippen molar-refractivity contribution in [3.63, 3.8) is 0 Å². The largest absolute Gasteiger partial charge is 0.472 e. The van der Waals surface area contributed by atoms with Gasteiger partial charge < -0.3 is 24.5 Å². The zero-order valence-electron chi connectivity index (χ0n) is 20.1. The Labute approximate surface area is 216 Å². The van der Waals surface area contributed by atoms with Crippen LogP contribution in [0.3, 0.4) is 0 Å². The van der Waals surface area contributed by atoms with E-state index in [2.05, 4.69) is 11.7 Å². The normalized spacial score (nSPS) is 11.4. The number of halogens is 2. The topological polar surface area (TPSA) is 85.7 Å². The molecule has 0 atom stereocenters. The average Bonchev–Trinajstić information content (AvgIpc) is 2.86. The highest BCUT2D eigenvalue weighted by atomic mass is 35.5. The number of hydrogen-bond acceptors (Lipinski definition) is 6. The molecule has 0 bridgehead atoms. The van der Waals surface area contributed by atoms with Crippen LogP contribution in [0.2, 0.25) is 10.0 Å². The summed E-state index contributed by atoms with van der Waals surface area (Å²) >= 11 is 12.5. The molecule has 2 aromatic carbocycles. The molecule has 0 radical (unpaired) electrons. The molecule has 1 N–H and O–H groups in total. The van der Waals surface area contributed by atoms with Gasteiger partial charge in [-0.3, -0.25) is 9.59 Å². The second-order valence-corrected chi connectivity index (χ2v) is 8.65. The van der Waals surface area contributed by atoms with E-state index in [1.165, 1.54) is 16.8 Å². The lowest BCUT2D eigenvalue weighted by atomic mass is 10.2. The van der Waals surface area contributed by atoms with Gasteiger partial charge in [0.25, 0.3) is 5.91 Å². The molecule has 0 aliphatic carbocycles. The minimum Gasteiger partial charge on any atom is -0.472 e. The number of aliphatic imine (C=N–C) groups is 1. The summed E-state index contributed by atoms with van der Waals surface area (Å²) in [6, 6.07) is 12.6. The predicted octanol–water partition coefficient (Wildman–Crippen LogP) is 3.94. The van der Waals surface area contributed by atoms with Crippen LogP contribution in [-0.4, -0.2) is 72.8 Å². The predicted molar refractivity (Wildman–Crippen MR) is 138 cm³/mol. The second-order valence-electron chi connectivity index (χ2n) is 7.84. The summed E-state index contributed by atoms with van der Waals surface area (Å²) in [6.07, 6.45) is 0.937. The van der Waals surface area contributed by atoms with Crippen LogP contribution in [0.1, 0.15) is 17.5 Å². The van der Waals surface area contributed by atoms with E-state index < -0.39 is 5.91 Å². The Kier molecular flexibility index (Phi) is 11.0. The molecule has 188 valence electrons. The van der Waals surface area contributed by atoms with Gasteiger partial charge in [-0.1, -0.05) is 47.5 Å². The first-order valence-corrected chi connectivity index (χ1v) is 11.6. The van der Waals surface area contributed by atoms with E-state index in [0.717, 1.165) is 11.1 Å². The number of likely N-dealkylation sites (N-methyl/N-ethyl adjacent to an activating group) is 1. The van der Waals surface area contributed by atoms with E-state index in [-0.39, 0.29) is 31.4 Å². The molecule has 0 saturated carbocycles. The molecule has 0 spiro atoms. The number of aryl methyl sites for hydroxylation is 1. The van der Waals surface area contributed by atoms with Gasteiger partial charge in [-0.2, -0.15) is 0 Å². The van der Waals surface area contributed by atoms with E-state index in [1.807, 2.05) is 31.2 Å². The minimum atomic E-state index is -0.414. The third kappa shape index (κ3) is 7.71. The first kappa shape index (κ1) is 28.2. The van der Waals surface area contributed by atoms with Crippen LogP contribution in [0.4, 0.5) is 0 Å². The Bertz CT molecular complexity index is 1060. The van der Waals surface area contributed by atoms with Gasteiger partial charge in [-0.25, -0.2) is 4.99 Å². The highest BCUT2D eigenvalue weighted by molar-refractivity contribution is 6.32. The fraction of sp³-hybridized carbons (Fsp3) is 0.320. The van der Waals surface area contributed by atoms with Gasteiger partial charge in [-0.05, 0) is 49.4 Å². The minimum absolute atomic E-state index is 0.0637. The molecule has 0 aliphatic heterocycles. The molecule has 0 unspecified atom stereocenters. The van der Waals surface area contributed by atoms with Gasteiger partial charge in [0.2, 0.25) is 6.41 Å². The van der Waals surface area contributed by atoms with Crippen LogP contribution in [0, 0.1) is 6.92 Å². The molecule has 8 nitrogen and oxygen atoms in total. The van der Waals surface area contributed by atoms with Crippen LogP contribution < -0.4 is 4.74 Å². The summed E-state index contributed by atoms with van der Waals surface area (Å²) in [5, 5.41) is 10.3. The van der Waals surface area contributed by atoms with Crippen molar-refractivity contribution in [3.8, 4) is 5.75 Å². The summed E-state index contributed by atoms with van der Waals surface area (Å²) in [5.74, 6) is 0.0984. The monoisotopic (exact) mass is 520 g/mol. The van der Waals surface area contributed by atoms with Gasteiger partial charge in [0, 0.05) is 38.8 Å². The molecule has 0 fully saturated rings. The van der Waals surface area contributed by atoms with Crippen molar-refractivity contribution in [2.75, 3.05) is 34.0 Å². The van der Waals surface area contributed by atoms with Gasteiger partial charge in [0.15, 0.2) is 12.6 Å². The number of aliphatic hydroxyl groups excluding tert-OH is 1. The molecule has 2 aromatic rings. The maximum absolute atomic E-state index is 13.6. The molecular formula is C25H30Cl2N4O4. The molecule has 2 amide bonds. The van der Waals surface area contributed by atoms with Crippen LogP contribution in [0.15, 0.2) is 59.0 Å². The number of ether oxygens (including phenoxy) is 1. The highest BCUT2D eigenvalue weighted by Gasteiger charge is 2.28. The summed E-state index contributed by atoms with van der Waals surface area (Å²) < 4.78 is 6.03. The molecule has 10 heteroatoms. The third-order valence-corrected chi connectivity index (χ3v) is 5.93. The van der Waals surface area contributed by atoms with E-state index in [0.29, 0.717) is 35.2 Å². The van der Waals surface area contributed by atoms with Gasteiger partial charge in [-0.15, -0.1) is 0 Å². The summed E-state index contributed by atoms with van der Waals surface area (Å²) in [5.41, 5.74) is 1.79. The fourth-order valence-electron chi connectivity index (χ4n) is 3.24. The summed E-state index contributed by atoms with van der Waals surface area (Å²) in [7, 11) is 3.09. The number of carbonyl (C=O) groups is 2. The Morgan fingerprint density at radius 1 is 1.17 bits per heavy atom. The average molecular weight is 521 g/mol. The SMILES string of the molecule is C=N/C(=C(/C(=O)N(C)CCCO)N(COc1cccc(C)c1Cl)Cc1ccc(Cl)cc1)N(C)C=O. The molecule has 0 aromatic heterocycles. The van der Waals surface area contributed by atoms with Crippen molar-refractivity contribution in [1.82, 2.24) is 14.7 Å². The molecule has 2 rings (SSSR count). The molecule has 0 aliphatic rings. The molecule has 35 heavy (non-hydrogen) atoms. The maximum atomic E-state index is 13.6. The standard InChI is InChI=1S/C25H30Cl2N4O4/c1-18-7-5-8-21(22(18)27)35-17-31(15-19-9-11-20(26)12-10-19)23(24(28-2)30(4)16-33)25(34)29(3)13-6-14-32/h5,7-12,16,32H,2,6,13-15,17H2,1,3-4H3/b24-23+. The van der Waals surface area contributed by atoms with Crippen molar-refractivity contribution >= 4 is 42.2 Å². The number of aliphatic hydroxyl groups is 1. The first-order valence-electron chi connectivity index (χ1n) is 10.9. The van der Waals surface area contributed by atoms with E-state index in [9.17, 15) is 14.7 Å². The van der Waals surface area contributed by atoms with Crippen molar-refractivity contribution < 1.29 is 19.4 Å². The number of benzene rings is 2. The van der Waals surface area contributed by atoms with Gasteiger partial charge in [0.1, 0.15) is 11.4 Å². The number of carbonyl (C=O) groups excluding carboxylic acids is 2. The van der Waals surface area contributed by atoms with Gasteiger partial charge in [0.05, 0.1) is 5.02 Å². The number of hydrogen-bond donors (Lipinski definition) is 1. The quantitative estimate of drug-likeness (QED) is 0.187. The van der Waals surface area contributed by atoms with Crippen LogP contribution >= 0.6 is 23.2 Å². The van der Waals surface area contributed by atoms with Crippen LogP contribution in [0.5, 0.6) is 5.75 Å². The van der Waals surface area contributed by atoms with Crippen LogP contribution in [0.25, 0.3) is 0 Å². The number of amides is 2. The number of rotatable bonds is 13. The van der Waals surface area contributed by atoms with E-state index >= 15 is 0 Å². The molecule has 0 saturated heterocycles. The lowest BCUT2D eigenvalue weighted by Crippen LogP contribution is -2.41. The summed E-state index contributed by atoms with van der Waals surface area (Å²) in [6.45, 7) is 5.83. The lowest BCUT2D eigenvalue weighted by Gasteiger charge is -2.31. The Morgan fingerprint density at radius 2 is 1.86 bits per heavy atom. The maximum Gasteiger partial charge on any atom is 0.273 e. The van der Waals surface area contributed by atoms with E-state index in [4.69, 9.17) is 27.9 Å². The Morgan fingerprint density at radius 3 is 2.46 bits per heavy atom. The third-order valence-electron chi connectivity index (χ3n) is 5.19. The highest BCUT2D eigenvalue weighted by Crippen LogP contribution is 2.29. The van der Waals surface area contributed by atoms with Crippen LogP contribution in [-0.2, 0) is 16.1 Å². The Balaban J connectivity index is 2.57. The molecule has 0 heterocycles. The first-order chi connectivity index (χ1) is 16.7. The Hall–Kier alpha value is -3.07. The van der Waals surface area contributed by atoms with E-state index in [1.54, 1.807) is 30.1 Å². The molecular weight excluding hydrogens is 491 g/mol. The van der Waals surface area contributed by atoms with Gasteiger partial charge >= 0.3 is 0 Å². The zero-order valence-corrected chi connectivity index (χ0v) is 21.6. The fourth-order valence-corrected chi connectivity index (χ4v) is 3.55. The zero-order chi connectivity index (χ0) is 26.0. The van der Waals surface area contributed by atoms with Crippen molar-refractivity contribution in [2.24, 2.45) is 4.99 Å². The van der Waals surface area contributed by atoms with Crippen molar-refractivity contribution in [1.29, 1.82) is 0 Å².